The van der Waals surface area contributed by atoms with Gasteiger partial charge in [0.25, 0.3) is 0 Å². The number of hydrogen-bond donors (Lipinski definition) is 1. The van der Waals surface area contributed by atoms with E-state index in [2.05, 4.69) is 12.2 Å². The summed E-state index contributed by atoms with van der Waals surface area (Å²) < 4.78 is 0. The number of hydrogen-bond acceptors (Lipinski definition) is 1. The molecule has 2 aliphatic rings. The molecule has 1 fully saturated rings. The van der Waals surface area contributed by atoms with Crippen LogP contribution in [0.5, 0.6) is 0 Å². The molecule has 1 heteroatoms. The SMILES string of the molecule is NC(C1C=CCCC1)C1CCCCC1. The summed E-state index contributed by atoms with van der Waals surface area (Å²) in [5.74, 6) is 1.50. The molecule has 0 bridgehead atoms. The molecule has 0 aromatic carbocycles. The summed E-state index contributed by atoms with van der Waals surface area (Å²) in [7, 11) is 0. The molecular weight excluding hydrogens is 170 g/mol. The van der Waals surface area contributed by atoms with Crippen LogP contribution >= 0.6 is 0 Å². The molecular formula is C13H23N. The van der Waals surface area contributed by atoms with Crippen LogP contribution < -0.4 is 5.73 Å². The van der Waals surface area contributed by atoms with E-state index in [4.69, 9.17) is 5.73 Å². The van der Waals surface area contributed by atoms with Gasteiger partial charge < -0.3 is 5.73 Å². The van der Waals surface area contributed by atoms with E-state index in [9.17, 15) is 0 Å². The Kier molecular flexibility index (Phi) is 3.63. The van der Waals surface area contributed by atoms with Crippen molar-refractivity contribution in [2.24, 2.45) is 17.6 Å². The average molecular weight is 193 g/mol. The lowest BCUT2D eigenvalue weighted by atomic mass is 9.76. The minimum atomic E-state index is 0.451. The molecule has 0 aromatic heterocycles. The zero-order chi connectivity index (χ0) is 9.80. The molecule has 0 spiro atoms. The normalized spacial score (nSPS) is 31.6. The fraction of sp³-hybridized carbons (Fsp3) is 0.846. The van der Waals surface area contributed by atoms with Crippen LogP contribution in [0.3, 0.4) is 0 Å². The van der Waals surface area contributed by atoms with Crippen molar-refractivity contribution >= 4 is 0 Å². The first kappa shape index (κ1) is 10.2. The van der Waals surface area contributed by atoms with Crippen LogP contribution in [-0.2, 0) is 0 Å². The van der Waals surface area contributed by atoms with Gasteiger partial charge in [-0.25, -0.2) is 0 Å². The monoisotopic (exact) mass is 193 g/mol. The fourth-order valence-corrected chi connectivity index (χ4v) is 3.03. The van der Waals surface area contributed by atoms with Gasteiger partial charge in [-0.15, -0.1) is 0 Å². The molecule has 2 atom stereocenters. The van der Waals surface area contributed by atoms with E-state index < -0.39 is 0 Å². The molecule has 0 aliphatic heterocycles. The van der Waals surface area contributed by atoms with E-state index in [1.165, 1.54) is 51.4 Å². The second-order valence-electron chi connectivity index (χ2n) is 5.00. The van der Waals surface area contributed by atoms with E-state index in [1.807, 2.05) is 0 Å². The highest BCUT2D eigenvalue weighted by Gasteiger charge is 2.26. The third kappa shape index (κ3) is 2.38. The van der Waals surface area contributed by atoms with Gasteiger partial charge in [-0.05, 0) is 43.9 Å². The third-order valence-electron chi connectivity index (χ3n) is 3.98. The summed E-state index contributed by atoms with van der Waals surface area (Å²) in [4.78, 5) is 0. The maximum atomic E-state index is 6.37. The number of allylic oxidation sites excluding steroid dienone is 1. The predicted octanol–water partition coefficient (Wildman–Crippen LogP) is 3.25. The van der Waals surface area contributed by atoms with Crippen LogP contribution in [-0.4, -0.2) is 6.04 Å². The predicted molar refractivity (Wildman–Crippen MR) is 61.0 cm³/mol. The van der Waals surface area contributed by atoms with Crippen LogP contribution in [0, 0.1) is 11.8 Å². The Hall–Kier alpha value is -0.300. The Bertz CT molecular complexity index is 191. The summed E-state index contributed by atoms with van der Waals surface area (Å²) in [5, 5.41) is 0. The molecule has 0 aromatic rings. The van der Waals surface area contributed by atoms with E-state index in [-0.39, 0.29) is 0 Å². The van der Waals surface area contributed by atoms with Crippen molar-refractivity contribution in [3.8, 4) is 0 Å². The molecule has 0 radical (unpaired) electrons. The van der Waals surface area contributed by atoms with Gasteiger partial charge in [-0.3, -0.25) is 0 Å². The van der Waals surface area contributed by atoms with Gasteiger partial charge in [0.2, 0.25) is 0 Å². The van der Waals surface area contributed by atoms with E-state index >= 15 is 0 Å². The Balaban J connectivity index is 1.88. The number of rotatable bonds is 2. The third-order valence-corrected chi connectivity index (χ3v) is 3.98. The average Bonchev–Trinajstić information content (AvgIpc) is 2.30. The van der Waals surface area contributed by atoms with Gasteiger partial charge in [0, 0.05) is 6.04 Å². The molecule has 1 saturated carbocycles. The molecule has 0 saturated heterocycles. The van der Waals surface area contributed by atoms with Gasteiger partial charge in [-0.2, -0.15) is 0 Å². The molecule has 0 heterocycles. The zero-order valence-electron chi connectivity index (χ0n) is 9.12. The van der Waals surface area contributed by atoms with Gasteiger partial charge in [0.05, 0.1) is 0 Å². The van der Waals surface area contributed by atoms with E-state index in [1.54, 1.807) is 0 Å². The summed E-state index contributed by atoms with van der Waals surface area (Å²) in [5.41, 5.74) is 6.37. The Morgan fingerprint density at radius 2 is 1.79 bits per heavy atom. The summed E-state index contributed by atoms with van der Waals surface area (Å²) >= 11 is 0. The molecule has 1 nitrogen and oxygen atoms in total. The Morgan fingerprint density at radius 1 is 1.00 bits per heavy atom. The van der Waals surface area contributed by atoms with Gasteiger partial charge in [0.15, 0.2) is 0 Å². The highest BCUT2D eigenvalue weighted by molar-refractivity contribution is 4.99. The van der Waals surface area contributed by atoms with Crippen molar-refractivity contribution in [2.45, 2.75) is 57.4 Å². The van der Waals surface area contributed by atoms with Crippen LogP contribution in [0.15, 0.2) is 12.2 Å². The summed E-state index contributed by atoms with van der Waals surface area (Å²) in [6, 6.07) is 0.451. The zero-order valence-corrected chi connectivity index (χ0v) is 9.12. The van der Waals surface area contributed by atoms with E-state index in [0.717, 1.165) is 5.92 Å². The lowest BCUT2D eigenvalue weighted by Crippen LogP contribution is -2.38. The molecule has 0 amide bonds. The highest BCUT2D eigenvalue weighted by Crippen LogP contribution is 2.31. The van der Waals surface area contributed by atoms with Crippen molar-refractivity contribution in [1.29, 1.82) is 0 Å². The maximum Gasteiger partial charge on any atom is 0.0130 e. The van der Waals surface area contributed by atoms with Crippen molar-refractivity contribution < 1.29 is 0 Å². The van der Waals surface area contributed by atoms with Crippen molar-refractivity contribution in [2.75, 3.05) is 0 Å². The smallest absolute Gasteiger partial charge is 0.0130 e. The highest BCUT2D eigenvalue weighted by atomic mass is 14.7. The van der Waals surface area contributed by atoms with Crippen LogP contribution in [0.25, 0.3) is 0 Å². The topological polar surface area (TPSA) is 26.0 Å². The van der Waals surface area contributed by atoms with Crippen molar-refractivity contribution in [1.82, 2.24) is 0 Å². The van der Waals surface area contributed by atoms with E-state index in [0.29, 0.717) is 12.0 Å². The second kappa shape index (κ2) is 4.97. The van der Waals surface area contributed by atoms with Crippen molar-refractivity contribution in [3.05, 3.63) is 12.2 Å². The first-order chi connectivity index (χ1) is 6.88. The Labute approximate surface area is 87.8 Å². The standard InChI is InChI=1S/C13H23N/c14-13(11-7-3-1-4-8-11)12-9-5-2-6-10-12/h3,7,11-13H,1-2,4-6,8-10,14H2. The largest absolute Gasteiger partial charge is 0.327 e. The second-order valence-corrected chi connectivity index (χ2v) is 5.00. The fourth-order valence-electron chi connectivity index (χ4n) is 3.03. The molecule has 80 valence electrons. The van der Waals surface area contributed by atoms with Crippen molar-refractivity contribution in [3.63, 3.8) is 0 Å². The van der Waals surface area contributed by atoms with Gasteiger partial charge >= 0.3 is 0 Å². The molecule has 2 unspecified atom stereocenters. The van der Waals surface area contributed by atoms with Crippen LogP contribution in [0.1, 0.15) is 51.4 Å². The minimum Gasteiger partial charge on any atom is -0.327 e. The molecule has 2 N–H and O–H groups in total. The number of nitrogens with two attached hydrogens (primary N) is 1. The molecule has 2 aliphatic carbocycles. The lowest BCUT2D eigenvalue weighted by Gasteiger charge is -2.33. The Morgan fingerprint density at radius 3 is 2.43 bits per heavy atom. The quantitative estimate of drug-likeness (QED) is 0.669. The summed E-state index contributed by atoms with van der Waals surface area (Å²) in [6.45, 7) is 0. The summed E-state index contributed by atoms with van der Waals surface area (Å²) in [6.07, 6.45) is 15.7. The first-order valence-electron chi connectivity index (χ1n) is 6.30. The van der Waals surface area contributed by atoms with Crippen LogP contribution in [0.2, 0.25) is 0 Å². The van der Waals surface area contributed by atoms with Gasteiger partial charge in [0.1, 0.15) is 0 Å². The maximum absolute atomic E-state index is 6.37. The molecule has 2 rings (SSSR count). The lowest BCUT2D eigenvalue weighted by molar-refractivity contribution is 0.255. The first-order valence-corrected chi connectivity index (χ1v) is 6.30. The molecule has 14 heavy (non-hydrogen) atoms. The minimum absolute atomic E-state index is 0.451. The van der Waals surface area contributed by atoms with Gasteiger partial charge in [-0.1, -0.05) is 31.4 Å². The van der Waals surface area contributed by atoms with Crippen LogP contribution in [0.4, 0.5) is 0 Å².